The summed E-state index contributed by atoms with van der Waals surface area (Å²) in [5.41, 5.74) is -1.16. The number of rotatable bonds is 10. The third-order valence-corrected chi connectivity index (χ3v) is 7.25. The fraction of sp³-hybridized carbons (Fsp3) is 0.704. The van der Waals surface area contributed by atoms with E-state index in [9.17, 15) is 28.8 Å². The van der Waals surface area contributed by atoms with E-state index in [2.05, 4.69) is 0 Å². The Morgan fingerprint density at radius 2 is 1.23 bits per heavy atom. The molecule has 0 N–H and O–H groups in total. The van der Waals surface area contributed by atoms with Gasteiger partial charge in [0, 0.05) is 47.5 Å². The molecule has 4 aliphatic rings. The fourth-order valence-corrected chi connectivity index (χ4v) is 5.79. The van der Waals surface area contributed by atoms with E-state index in [0.29, 0.717) is 0 Å². The molecular formula is C27H34O16. The minimum Gasteiger partial charge on any atom is -0.472 e. The zero-order valence-corrected chi connectivity index (χ0v) is 24.4. The van der Waals surface area contributed by atoms with E-state index >= 15 is 0 Å². The Kier molecular flexibility index (Phi) is 9.61. The second-order valence-corrected chi connectivity index (χ2v) is 10.5. The molecule has 3 fully saturated rings. The highest BCUT2D eigenvalue weighted by Gasteiger charge is 2.78. The first-order valence-corrected chi connectivity index (χ1v) is 13.5. The monoisotopic (exact) mass is 614 g/mol. The lowest BCUT2D eigenvalue weighted by Crippen LogP contribution is -2.64. The van der Waals surface area contributed by atoms with Crippen LogP contribution in [0.1, 0.15) is 41.5 Å². The van der Waals surface area contributed by atoms with Crippen molar-refractivity contribution in [2.24, 2.45) is 11.8 Å². The SMILES string of the molecule is CC(=O)OC[C@H]1O[C@H](O[C@@H]2OC=C[C@H]3[C@H](OC(C)=O)[C@@H]4O[C@]4(COC(C)=O)[C@@H]23)[C@H](OC(C)=O)[C@@H](OC(C)=O)[C@@H]1OC(C)=O. The molecule has 238 valence electrons. The molecule has 16 nitrogen and oxygen atoms in total. The molecule has 0 radical (unpaired) electrons. The summed E-state index contributed by atoms with van der Waals surface area (Å²) >= 11 is 0. The van der Waals surface area contributed by atoms with Crippen LogP contribution in [-0.4, -0.2) is 104 Å². The van der Waals surface area contributed by atoms with Crippen LogP contribution < -0.4 is 0 Å². The molecular weight excluding hydrogens is 580 g/mol. The van der Waals surface area contributed by atoms with Crippen LogP contribution in [0.5, 0.6) is 0 Å². The highest BCUT2D eigenvalue weighted by molar-refractivity contribution is 5.69. The van der Waals surface area contributed by atoms with Crippen LogP contribution in [0.15, 0.2) is 12.3 Å². The molecule has 1 saturated carbocycles. The molecule has 0 bridgehead atoms. The highest BCUT2D eigenvalue weighted by Crippen LogP contribution is 2.61. The standard InChI is InChI=1S/C27H34O16/c1-11(28)35-9-18-21(38-14(4)31)22(39-15(5)32)23(40-16(6)33)26(41-18)42-25-19-17(7-8-34-25)20(37-13(3)30)24-27(19,43-24)10-36-12(2)29/h7-8,17-26H,9-10H2,1-6H3/t17-,18-,19-,20+,21-,22+,23-,24+,25+,26-,27-/m1/s1. The number of ether oxygens (including phenoxy) is 10. The normalized spacial score (nSPS) is 37.0. The summed E-state index contributed by atoms with van der Waals surface area (Å²) in [6.07, 6.45) is -6.80. The lowest BCUT2D eigenvalue weighted by Gasteiger charge is -2.46. The molecule has 0 aromatic carbocycles. The van der Waals surface area contributed by atoms with Crippen LogP contribution >= 0.6 is 0 Å². The molecule has 1 aliphatic carbocycles. The van der Waals surface area contributed by atoms with Gasteiger partial charge in [-0.2, -0.15) is 0 Å². The van der Waals surface area contributed by atoms with E-state index < -0.39 is 109 Å². The maximum atomic E-state index is 12.2. The molecule has 3 heterocycles. The Balaban J connectivity index is 1.69. The molecule has 16 heteroatoms. The summed E-state index contributed by atoms with van der Waals surface area (Å²) in [6, 6.07) is 0. The van der Waals surface area contributed by atoms with Gasteiger partial charge in [0.1, 0.15) is 37.1 Å². The predicted molar refractivity (Wildman–Crippen MR) is 134 cm³/mol. The molecule has 0 spiro atoms. The summed E-state index contributed by atoms with van der Waals surface area (Å²) in [6.45, 7) is 6.27. The first-order valence-electron chi connectivity index (χ1n) is 13.5. The molecule has 4 rings (SSSR count). The second-order valence-electron chi connectivity index (χ2n) is 10.5. The largest absolute Gasteiger partial charge is 0.472 e. The molecule has 43 heavy (non-hydrogen) atoms. The Bertz CT molecular complexity index is 1170. The number of hydrogen-bond donors (Lipinski definition) is 0. The summed E-state index contributed by atoms with van der Waals surface area (Å²) in [7, 11) is 0. The van der Waals surface area contributed by atoms with Crippen LogP contribution in [0, 0.1) is 11.8 Å². The molecule has 0 amide bonds. The summed E-state index contributed by atoms with van der Waals surface area (Å²) < 4.78 is 56.2. The third-order valence-electron chi connectivity index (χ3n) is 7.25. The van der Waals surface area contributed by atoms with Crippen molar-refractivity contribution < 1.29 is 76.1 Å². The fourth-order valence-electron chi connectivity index (χ4n) is 5.79. The first kappa shape index (κ1) is 32.2. The topological polar surface area (TPSA) is 198 Å². The maximum Gasteiger partial charge on any atom is 0.303 e. The number of epoxide rings is 1. The predicted octanol–water partition coefficient (Wildman–Crippen LogP) is -0.165. The Labute approximate surface area is 246 Å². The molecule has 11 atom stereocenters. The molecule has 0 aromatic rings. The zero-order chi connectivity index (χ0) is 31.6. The van der Waals surface area contributed by atoms with Gasteiger partial charge in [-0.15, -0.1) is 0 Å². The van der Waals surface area contributed by atoms with E-state index in [0.717, 1.165) is 27.7 Å². The van der Waals surface area contributed by atoms with E-state index in [1.54, 1.807) is 6.08 Å². The van der Waals surface area contributed by atoms with Gasteiger partial charge in [0.05, 0.1) is 12.2 Å². The summed E-state index contributed by atoms with van der Waals surface area (Å²) in [5.74, 6) is -5.45. The molecule has 2 saturated heterocycles. The Hall–Kier alpha value is -3.76. The number of hydrogen-bond acceptors (Lipinski definition) is 16. The van der Waals surface area contributed by atoms with Gasteiger partial charge in [0.15, 0.2) is 18.3 Å². The van der Waals surface area contributed by atoms with E-state index in [4.69, 9.17) is 47.4 Å². The van der Waals surface area contributed by atoms with Crippen LogP contribution in [0.25, 0.3) is 0 Å². The molecule has 0 unspecified atom stereocenters. The third kappa shape index (κ3) is 7.08. The van der Waals surface area contributed by atoms with Gasteiger partial charge in [-0.3, -0.25) is 28.8 Å². The maximum absolute atomic E-state index is 12.2. The van der Waals surface area contributed by atoms with Gasteiger partial charge < -0.3 is 47.4 Å². The van der Waals surface area contributed by atoms with Crippen molar-refractivity contribution in [3.05, 3.63) is 12.3 Å². The average molecular weight is 615 g/mol. The summed E-state index contributed by atoms with van der Waals surface area (Å²) in [5, 5.41) is 0. The zero-order valence-electron chi connectivity index (χ0n) is 24.4. The van der Waals surface area contributed by atoms with Crippen LogP contribution in [-0.2, 0) is 76.1 Å². The average Bonchev–Trinajstić information content (AvgIpc) is 3.56. The number of esters is 6. The van der Waals surface area contributed by atoms with Gasteiger partial charge in [-0.05, 0) is 6.08 Å². The van der Waals surface area contributed by atoms with Gasteiger partial charge in [0.25, 0.3) is 0 Å². The van der Waals surface area contributed by atoms with E-state index in [1.807, 2.05) is 0 Å². The smallest absolute Gasteiger partial charge is 0.303 e. The van der Waals surface area contributed by atoms with E-state index in [1.165, 1.54) is 20.1 Å². The Morgan fingerprint density at radius 1 is 0.674 bits per heavy atom. The number of carbonyl (C=O) groups excluding carboxylic acids is 6. The molecule has 0 aromatic heterocycles. The van der Waals surface area contributed by atoms with Gasteiger partial charge >= 0.3 is 35.8 Å². The number of fused-ring (bicyclic) bond motifs is 3. The van der Waals surface area contributed by atoms with Crippen LogP contribution in [0.3, 0.4) is 0 Å². The van der Waals surface area contributed by atoms with Crippen molar-refractivity contribution in [1.29, 1.82) is 0 Å². The van der Waals surface area contributed by atoms with Gasteiger partial charge in [-0.1, -0.05) is 0 Å². The van der Waals surface area contributed by atoms with Crippen molar-refractivity contribution in [2.45, 2.75) is 96.3 Å². The quantitative estimate of drug-likeness (QED) is 0.178. The minimum absolute atomic E-state index is 0.207. The lowest BCUT2D eigenvalue weighted by atomic mass is 9.85. The van der Waals surface area contributed by atoms with Crippen molar-refractivity contribution >= 4 is 35.8 Å². The van der Waals surface area contributed by atoms with Gasteiger partial charge in [-0.25, -0.2) is 0 Å². The minimum atomic E-state index is -1.55. The lowest BCUT2D eigenvalue weighted by molar-refractivity contribution is -0.346. The van der Waals surface area contributed by atoms with Gasteiger partial charge in [0.2, 0.25) is 12.6 Å². The second kappa shape index (κ2) is 12.9. The van der Waals surface area contributed by atoms with Crippen LogP contribution in [0.2, 0.25) is 0 Å². The van der Waals surface area contributed by atoms with Crippen molar-refractivity contribution in [3.63, 3.8) is 0 Å². The highest BCUT2D eigenvalue weighted by atomic mass is 16.8. The van der Waals surface area contributed by atoms with E-state index in [-0.39, 0.29) is 6.61 Å². The first-order chi connectivity index (χ1) is 20.2. The van der Waals surface area contributed by atoms with Crippen molar-refractivity contribution in [3.8, 4) is 0 Å². The molecule has 3 aliphatic heterocycles. The van der Waals surface area contributed by atoms with Crippen molar-refractivity contribution in [2.75, 3.05) is 13.2 Å². The van der Waals surface area contributed by atoms with Crippen molar-refractivity contribution in [1.82, 2.24) is 0 Å². The number of carbonyl (C=O) groups is 6. The van der Waals surface area contributed by atoms with Crippen LogP contribution in [0.4, 0.5) is 0 Å². The Morgan fingerprint density at radius 3 is 1.81 bits per heavy atom. The summed E-state index contributed by atoms with van der Waals surface area (Å²) in [4.78, 5) is 71.5.